The highest BCUT2D eigenvalue weighted by Gasteiger charge is 2.32. The van der Waals surface area contributed by atoms with Gasteiger partial charge in [-0.15, -0.1) is 11.3 Å². The Hall–Kier alpha value is -1.10. The highest BCUT2D eigenvalue weighted by molar-refractivity contribution is 7.13. The number of aliphatic carboxylic acids is 1. The van der Waals surface area contributed by atoms with Gasteiger partial charge in [-0.1, -0.05) is 26.2 Å². The van der Waals surface area contributed by atoms with E-state index in [-0.39, 0.29) is 0 Å². The molecule has 1 saturated carbocycles. The van der Waals surface area contributed by atoms with Crippen LogP contribution >= 0.6 is 11.3 Å². The summed E-state index contributed by atoms with van der Waals surface area (Å²) in [6.45, 7) is 5.65. The average molecular weight is 296 g/mol. The summed E-state index contributed by atoms with van der Waals surface area (Å²) in [5.74, 6) is -0.0193. The van der Waals surface area contributed by atoms with Crippen molar-refractivity contribution in [2.45, 2.75) is 64.3 Å². The number of nitrogens with zero attached hydrogens (tertiary/aromatic N) is 1. The van der Waals surface area contributed by atoms with Crippen LogP contribution in [0.4, 0.5) is 5.13 Å². The van der Waals surface area contributed by atoms with E-state index in [1.54, 1.807) is 13.8 Å². The van der Waals surface area contributed by atoms with Crippen LogP contribution in [0.25, 0.3) is 0 Å². The maximum absolute atomic E-state index is 11.2. The summed E-state index contributed by atoms with van der Waals surface area (Å²) in [5, 5.41) is 15.4. The van der Waals surface area contributed by atoms with Gasteiger partial charge in [0.1, 0.15) is 5.41 Å². The fourth-order valence-corrected chi connectivity index (χ4v) is 3.66. The molecule has 1 aromatic heterocycles. The van der Waals surface area contributed by atoms with E-state index in [1.165, 1.54) is 43.4 Å². The summed E-state index contributed by atoms with van der Waals surface area (Å²) in [6.07, 6.45) is 6.24. The summed E-state index contributed by atoms with van der Waals surface area (Å²) < 4.78 is 0. The highest BCUT2D eigenvalue weighted by Crippen LogP contribution is 2.31. The second-order valence-electron chi connectivity index (χ2n) is 6.25. The zero-order chi connectivity index (χ0) is 14.8. The monoisotopic (exact) mass is 296 g/mol. The molecule has 1 aliphatic carbocycles. The van der Waals surface area contributed by atoms with Gasteiger partial charge in [0, 0.05) is 11.4 Å². The molecule has 20 heavy (non-hydrogen) atoms. The second kappa shape index (κ2) is 6.12. The lowest BCUT2D eigenvalue weighted by molar-refractivity contribution is -0.142. The molecule has 0 aliphatic heterocycles. The molecule has 4 nitrogen and oxygen atoms in total. The van der Waals surface area contributed by atoms with Crippen LogP contribution in [0.15, 0.2) is 5.38 Å². The maximum atomic E-state index is 11.2. The smallest absolute Gasteiger partial charge is 0.315 e. The number of carbonyl (C=O) groups is 1. The van der Waals surface area contributed by atoms with Crippen LogP contribution < -0.4 is 5.32 Å². The zero-order valence-electron chi connectivity index (χ0n) is 12.5. The Balaban J connectivity index is 2.01. The summed E-state index contributed by atoms with van der Waals surface area (Å²) in [6, 6.07) is 0.487. The first kappa shape index (κ1) is 15.3. The van der Waals surface area contributed by atoms with Gasteiger partial charge in [0.2, 0.25) is 0 Å². The van der Waals surface area contributed by atoms with Gasteiger partial charge in [-0.25, -0.2) is 4.98 Å². The van der Waals surface area contributed by atoms with E-state index in [0.29, 0.717) is 11.7 Å². The molecule has 1 aromatic rings. The SMILES string of the molecule is CCC1CCCC(Nc2nc(C(C)(C)C(=O)O)cs2)C1. The van der Waals surface area contributed by atoms with Crippen molar-refractivity contribution in [2.24, 2.45) is 5.92 Å². The fourth-order valence-electron chi connectivity index (χ4n) is 2.70. The van der Waals surface area contributed by atoms with E-state index >= 15 is 0 Å². The van der Waals surface area contributed by atoms with Gasteiger partial charge in [-0.05, 0) is 32.6 Å². The third-order valence-electron chi connectivity index (χ3n) is 4.37. The van der Waals surface area contributed by atoms with Crippen molar-refractivity contribution in [3.05, 3.63) is 11.1 Å². The topological polar surface area (TPSA) is 62.2 Å². The molecule has 1 aliphatic rings. The molecule has 0 radical (unpaired) electrons. The van der Waals surface area contributed by atoms with E-state index < -0.39 is 11.4 Å². The summed E-state index contributed by atoms with van der Waals surface area (Å²) in [5.41, 5.74) is -0.282. The molecule has 0 bridgehead atoms. The van der Waals surface area contributed by atoms with Gasteiger partial charge in [0.25, 0.3) is 0 Å². The number of carboxylic acids is 1. The molecule has 2 N–H and O–H groups in total. The molecular formula is C15H24N2O2S. The van der Waals surface area contributed by atoms with Gasteiger partial charge >= 0.3 is 5.97 Å². The molecule has 0 saturated heterocycles. The van der Waals surface area contributed by atoms with Crippen LogP contribution in [-0.2, 0) is 10.2 Å². The van der Waals surface area contributed by atoms with Crippen molar-refractivity contribution < 1.29 is 9.90 Å². The summed E-state index contributed by atoms with van der Waals surface area (Å²) in [4.78, 5) is 15.7. The molecule has 1 heterocycles. The third-order valence-corrected chi connectivity index (χ3v) is 5.14. The van der Waals surface area contributed by atoms with Crippen LogP contribution in [0.1, 0.15) is 58.6 Å². The first-order valence-corrected chi connectivity index (χ1v) is 8.27. The van der Waals surface area contributed by atoms with Crippen LogP contribution in [-0.4, -0.2) is 22.1 Å². The van der Waals surface area contributed by atoms with E-state index in [0.717, 1.165) is 11.0 Å². The summed E-state index contributed by atoms with van der Waals surface area (Å²) >= 11 is 1.51. The average Bonchev–Trinajstić information content (AvgIpc) is 2.88. The number of carboxylic acid groups (broad SMARTS) is 1. The molecule has 2 unspecified atom stereocenters. The Morgan fingerprint density at radius 2 is 2.30 bits per heavy atom. The van der Waals surface area contributed by atoms with E-state index in [9.17, 15) is 9.90 Å². The van der Waals surface area contributed by atoms with Gasteiger partial charge in [0.15, 0.2) is 5.13 Å². The number of thiazole rings is 1. The lowest BCUT2D eigenvalue weighted by Crippen LogP contribution is -2.29. The zero-order valence-corrected chi connectivity index (χ0v) is 13.3. The Bertz CT molecular complexity index is 470. The Labute approximate surface area is 124 Å². The largest absolute Gasteiger partial charge is 0.481 e. The number of hydrogen-bond donors (Lipinski definition) is 2. The van der Waals surface area contributed by atoms with Crippen molar-refractivity contribution in [3.8, 4) is 0 Å². The maximum Gasteiger partial charge on any atom is 0.315 e. The first-order valence-electron chi connectivity index (χ1n) is 7.39. The second-order valence-corrected chi connectivity index (χ2v) is 7.11. The lowest BCUT2D eigenvalue weighted by Gasteiger charge is -2.28. The van der Waals surface area contributed by atoms with E-state index in [1.807, 2.05) is 5.38 Å². The van der Waals surface area contributed by atoms with Gasteiger partial charge in [0.05, 0.1) is 5.69 Å². The first-order chi connectivity index (χ1) is 9.43. The van der Waals surface area contributed by atoms with Crippen molar-refractivity contribution in [1.82, 2.24) is 4.98 Å². The molecule has 0 amide bonds. The van der Waals surface area contributed by atoms with E-state index in [4.69, 9.17) is 0 Å². The Morgan fingerprint density at radius 3 is 2.95 bits per heavy atom. The number of hydrogen-bond acceptors (Lipinski definition) is 4. The number of anilines is 1. The third kappa shape index (κ3) is 3.32. The predicted molar refractivity (Wildman–Crippen MR) is 82.4 cm³/mol. The van der Waals surface area contributed by atoms with Gasteiger partial charge < -0.3 is 10.4 Å². The normalized spacial score (nSPS) is 23.6. The van der Waals surface area contributed by atoms with Crippen LogP contribution in [0.5, 0.6) is 0 Å². The quantitative estimate of drug-likeness (QED) is 0.865. The molecule has 5 heteroatoms. The van der Waals surface area contributed by atoms with Crippen molar-refractivity contribution in [1.29, 1.82) is 0 Å². The summed E-state index contributed by atoms with van der Waals surface area (Å²) in [7, 11) is 0. The lowest BCUT2D eigenvalue weighted by atomic mass is 9.84. The molecule has 1 fully saturated rings. The number of aromatic nitrogens is 1. The minimum absolute atomic E-state index is 0.487. The molecule has 2 atom stereocenters. The van der Waals surface area contributed by atoms with Gasteiger partial charge in [-0.3, -0.25) is 4.79 Å². The molecular weight excluding hydrogens is 272 g/mol. The number of nitrogens with one attached hydrogen (secondary N) is 1. The van der Waals surface area contributed by atoms with Crippen molar-refractivity contribution in [3.63, 3.8) is 0 Å². The minimum Gasteiger partial charge on any atom is -0.481 e. The highest BCUT2D eigenvalue weighted by atomic mass is 32.1. The Morgan fingerprint density at radius 1 is 1.55 bits per heavy atom. The van der Waals surface area contributed by atoms with Crippen molar-refractivity contribution in [2.75, 3.05) is 5.32 Å². The van der Waals surface area contributed by atoms with Crippen LogP contribution in [0, 0.1) is 5.92 Å². The van der Waals surface area contributed by atoms with Gasteiger partial charge in [-0.2, -0.15) is 0 Å². The van der Waals surface area contributed by atoms with E-state index in [2.05, 4.69) is 17.2 Å². The Kier molecular flexibility index (Phi) is 4.68. The fraction of sp³-hybridized carbons (Fsp3) is 0.733. The molecule has 0 spiro atoms. The van der Waals surface area contributed by atoms with Crippen LogP contribution in [0.3, 0.4) is 0 Å². The molecule has 0 aromatic carbocycles. The van der Waals surface area contributed by atoms with Crippen LogP contribution in [0.2, 0.25) is 0 Å². The van der Waals surface area contributed by atoms with Crippen molar-refractivity contribution >= 4 is 22.4 Å². The minimum atomic E-state index is -0.922. The molecule has 2 rings (SSSR count). The predicted octanol–water partition coefficient (Wildman–Crippen LogP) is 3.89. The number of rotatable bonds is 5. The molecule has 112 valence electrons. The standard InChI is InChI=1S/C15H24N2O2S/c1-4-10-6-5-7-11(8-10)16-14-17-12(9-20-14)15(2,3)13(18)19/h9-11H,4-8H2,1-3H3,(H,16,17)(H,18,19).